The second kappa shape index (κ2) is 5.82. The Hall–Kier alpha value is -1.31. The number of hydrogen-bond donors (Lipinski definition) is 1. The van der Waals surface area contributed by atoms with Crippen molar-refractivity contribution < 1.29 is 9.26 Å². The first-order valence-corrected chi connectivity index (χ1v) is 8.06. The molecule has 0 atom stereocenters. The maximum absolute atomic E-state index is 5.75. The molecule has 0 saturated heterocycles. The summed E-state index contributed by atoms with van der Waals surface area (Å²) in [5, 5.41) is 5.05. The standard InChI is InChI=1S/C14H20N4O2S/c1-9-11(21-10(8-15)16-9)12-17-13(18-20-12)14(19-2)6-4-3-5-7-14/h3-8,15H2,1-2H3. The predicted molar refractivity (Wildman–Crippen MR) is 79.8 cm³/mol. The van der Waals surface area contributed by atoms with Gasteiger partial charge in [0.05, 0.1) is 5.69 Å². The lowest BCUT2D eigenvalue weighted by Gasteiger charge is -2.32. The molecule has 0 aromatic carbocycles. The number of nitrogens with zero attached hydrogens (tertiary/aromatic N) is 3. The molecule has 6 nitrogen and oxygen atoms in total. The largest absolute Gasteiger partial charge is 0.370 e. The number of thiazole rings is 1. The van der Waals surface area contributed by atoms with Crippen LogP contribution >= 0.6 is 11.3 Å². The Balaban J connectivity index is 1.93. The molecule has 1 saturated carbocycles. The Bertz CT molecular complexity index is 616. The van der Waals surface area contributed by atoms with Gasteiger partial charge in [0.1, 0.15) is 15.5 Å². The molecule has 2 N–H and O–H groups in total. The third-order valence-electron chi connectivity index (χ3n) is 4.10. The van der Waals surface area contributed by atoms with Gasteiger partial charge in [-0.1, -0.05) is 24.4 Å². The van der Waals surface area contributed by atoms with E-state index in [2.05, 4.69) is 15.1 Å². The van der Waals surface area contributed by atoms with Crippen LogP contribution in [0, 0.1) is 6.92 Å². The van der Waals surface area contributed by atoms with E-state index >= 15 is 0 Å². The van der Waals surface area contributed by atoms with Gasteiger partial charge < -0.3 is 15.0 Å². The van der Waals surface area contributed by atoms with Gasteiger partial charge in [0, 0.05) is 13.7 Å². The molecule has 7 heteroatoms. The molecule has 0 amide bonds. The molecular formula is C14H20N4O2S. The normalized spacial score (nSPS) is 18.0. The molecule has 0 unspecified atom stereocenters. The van der Waals surface area contributed by atoms with Gasteiger partial charge in [0.25, 0.3) is 5.89 Å². The van der Waals surface area contributed by atoms with Gasteiger partial charge in [-0.2, -0.15) is 4.98 Å². The Kier molecular flexibility index (Phi) is 4.05. The summed E-state index contributed by atoms with van der Waals surface area (Å²) in [5.41, 5.74) is 6.12. The fourth-order valence-corrected chi connectivity index (χ4v) is 3.75. The number of aromatic nitrogens is 3. The van der Waals surface area contributed by atoms with Crippen molar-refractivity contribution >= 4 is 11.3 Å². The average molecular weight is 308 g/mol. The van der Waals surface area contributed by atoms with E-state index in [4.69, 9.17) is 15.0 Å². The number of hydrogen-bond acceptors (Lipinski definition) is 7. The van der Waals surface area contributed by atoms with Gasteiger partial charge in [-0.3, -0.25) is 0 Å². The highest BCUT2D eigenvalue weighted by atomic mass is 32.1. The molecule has 0 spiro atoms. The summed E-state index contributed by atoms with van der Waals surface area (Å²) in [7, 11) is 1.73. The highest BCUT2D eigenvalue weighted by Gasteiger charge is 2.38. The quantitative estimate of drug-likeness (QED) is 0.934. The fraction of sp³-hybridized carbons (Fsp3) is 0.643. The Morgan fingerprint density at radius 1 is 1.29 bits per heavy atom. The highest BCUT2D eigenvalue weighted by molar-refractivity contribution is 7.15. The molecule has 2 aromatic rings. The van der Waals surface area contributed by atoms with Gasteiger partial charge in [0.2, 0.25) is 5.82 Å². The summed E-state index contributed by atoms with van der Waals surface area (Å²) in [6, 6.07) is 0. The van der Waals surface area contributed by atoms with Crippen LogP contribution in [0.5, 0.6) is 0 Å². The van der Waals surface area contributed by atoms with Gasteiger partial charge >= 0.3 is 0 Å². The summed E-state index contributed by atoms with van der Waals surface area (Å²) in [4.78, 5) is 9.88. The SMILES string of the molecule is COC1(c2noc(-c3sc(CN)nc3C)n2)CCCCC1. The number of methoxy groups -OCH3 is 1. The average Bonchev–Trinajstić information content (AvgIpc) is 3.14. The monoisotopic (exact) mass is 308 g/mol. The molecule has 2 aromatic heterocycles. The second-order valence-electron chi connectivity index (χ2n) is 5.41. The summed E-state index contributed by atoms with van der Waals surface area (Å²) in [6.07, 6.45) is 5.39. The minimum Gasteiger partial charge on any atom is -0.370 e. The highest BCUT2D eigenvalue weighted by Crippen LogP contribution is 2.39. The van der Waals surface area contributed by atoms with Crippen LogP contribution in [0.2, 0.25) is 0 Å². The fourth-order valence-electron chi connectivity index (χ4n) is 2.88. The lowest BCUT2D eigenvalue weighted by atomic mass is 9.84. The minimum absolute atomic E-state index is 0.394. The molecule has 1 aliphatic rings. The molecule has 1 aliphatic carbocycles. The van der Waals surface area contributed by atoms with Gasteiger partial charge in [-0.05, 0) is 19.8 Å². The molecule has 114 valence electrons. The molecule has 0 aliphatic heterocycles. The summed E-state index contributed by atoms with van der Waals surface area (Å²) in [6.45, 7) is 2.36. The van der Waals surface area contributed by atoms with Crippen molar-refractivity contribution in [3.8, 4) is 10.8 Å². The number of nitrogens with two attached hydrogens (primary N) is 1. The van der Waals surface area contributed by atoms with Crippen LogP contribution in [0.1, 0.15) is 48.6 Å². The van der Waals surface area contributed by atoms with E-state index in [0.717, 1.165) is 41.3 Å². The lowest BCUT2D eigenvalue weighted by molar-refractivity contribution is -0.0527. The zero-order valence-corrected chi connectivity index (χ0v) is 13.2. The Labute approximate surface area is 127 Å². The second-order valence-corrected chi connectivity index (χ2v) is 6.49. The van der Waals surface area contributed by atoms with Crippen molar-refractivity contribution in [2.24, 2.45) is 5.73 Å². The van der Waals surface area contributed by atoms with E-state index in [1.807, 2.05) is 6.92 Å². The van der Waals surface area contributed by atoms with Gasteiger partial charge in [-0.15, -0.1) is 11.3 Å². The molecule has 3 rings (SSSR count). The summed E-state index contributed by atoms with van der Waals surface area (Å²) >= 11 is 1.51. The van der Waals surface area contributed by atoms with E-state index in [0.29, 0.717) is 18.3 Å². The minimum atomic E-state index is -0.394. The van der Waals surface area contributed by atoms with E-state index in [9.17, 15) is 0 Å². The van der Waals surface area contributed by atoms with Crippen molar-refractivity contribution in [3.63, 3.8) is 0 Å². The molecule has 1 fully saturated rings. The first kappa shape index (κ1) is 14.6. The van der Waals surface area contributed by atoms with E-state index in [1.54, 1.807) is 7.11 Å². The van der Waals surface area contributed by atoms with Gasteiger partial charge in [0.15, 0.2) is 0 Å². The van der Waals surface area contributed by atoms with Crippen LogP contribution in [0.3, 0.4) is 0 Å². The first-order valence-electron chi connectivity index (χ1n) is 7.24. The zero-order valence-electron chi connectivity index (χ0n) is 12.4. The third kappa shape index (κ3) is 2.61. The number of ether oxygens (including phenoxy) is 1. The van der Waals surface area contributed by atoms with Crippen LogP contribution in [-0.2, 0) is 16.9 Å². The maximum atomic E-state index is 5.75. The molecule has 0 bridgehead atoms. The van der Waals surface area contributed by atoms with Crippen LogP contribution in [-0.4, -0.2) is 22.2 Å². The number of aryl methyl sites for hydroxylation is 1. The van der Waals surface area contributed by atoms with Crippen LogP contribution in [0.15, 0.2) is 4.52 Å². The van der Waals surface area contributed by atoms with Crippen LogP contribution < -0.4 is 5.73 Å². The lowest BCUT2D eigenvalue weighted by Crippen LogP contribution is -2.32. The summed E-state index contributed by atoms with van der Waals surface area (Å²) in [5.74, 6) is 1.17. The molecular weight excluding hydrogens is 288 g/mol. The Morgan fingerprint density at radius 2 is 2.05 bits per heavy atom. The maximum Gasteiger partial charge on any atom is 0.270 e. The van der Waals surface area contributed by atoms with Crippen molar-refractivity contribution in [2.75, 3.05) is 7.11 Å². The molecule has 0 radical (unpaired) electrons. The summed E-state index contributed by atoms with van der Waals surface area (Å²) < 4.78 is 11.2. The molecule has 2 heterocycles. The van der Waals surface area contributed by atoms with Crippen molar-refractivity contribution in [2.45, 2.75) is 51.2 Å². The number of rotatable bonds is 4. The van der Waals surface area contributed by atoms with Crippen molar-refractivity contribution in [1.29, 1.82) is 0 Å². The van der Waals surface area contributed by atoms with Crippen molar-refractivity contribution in [3.05, 3.63) is 16.5 Å². The van der Waals surface area contributed by atoms with E-state index < -0.39 is 5.60 Å². The molecule has 21 heavy (non-hydrogen) atoms. The Morgan fingerprint density at radius 3 is 2.67 bits per heavy atom. The smallest absolute Gasteiger partial charge is 0.270 e. The first-order chi connectivity index (χ1) is 10.2. The third-order valence-corrected chi connectivity index (χ3v) is 5.26. The van der Waals surface area contributed by atoms with E-state index in [1.165, 1.54) is 17.8 Å². The van der Waals surface area contributed by atoms with Crippen molar-refractivity contribution in [1.82, 2.24) is 15.1 Å². The zero-order chi connectivity index (χ0) is 14.9. The van der Waals surface area contributed by atoms with E-state index in [-0.39, 0.29) is 0 Å². The van der Waals surface area contributed by atoms with Gasteiger partial charge in [-0.25, -0.2) is 4.98 Å². The topological polar surface area (TPSA) is 87.1 Å². The predicted octanol–water partition coefficient (Wildman–Crippen LogP) is 2.77. The van der Waals surface area contributed by atoms with Crippen LogP contribution in [0.4, 0.5) is 0 Å². The van der Waals surface area contributed by atoms with Crippen LogP contribution in [0.25, 0.3) is 10.8 Å².